The molecule has 1 saturated heterocycles. The Morgan fingerprint density at radius 3 is 2.19 bits per heavy atom. The van der Waals surface area contributed by atoms with Gasteiger partial charge in [0.05, 0.1) is 32.3 Å². The third kappa shape index (κ3) is 4.77. The van der Waals surface area contributed by atoms with Gasteiger partial charge in [-0.15, -0.1) is 0 Å². The Hall–Kier alpha value is -2.94. The van der Waals surface area contributed by atoms with Gasteiger partial charge in [-0.2, -0.15) is 13.2 Å². The van der Waals surface area contributed by atoms with E-state index in [1.54, 1.807) is 18.2 Å². The largest absolute Gasteiger partial charge is 0.493 e. The van der Waals surface area contributed by atoms with Crippen molar-refractivity contribution in [1.82, 2.24) is 5.32 Å². The molecule has 0 saturated carbocycles. The number of amides is 1. The van der Waals surface area contributed by atoms with Gasteiger partial charge in [-0.3, -0.25) is 4.79 Å². The van der Waals surface area contributed by atoms with E-state index in [4.69, 9.17) is 18.9 Å². The molecule has 0 radical (unpaired) electrons. The van der Waals surface area contributed by atoms with Gasteiger partial charge in [0.1, 0.15) is 0 Å². The minimum atomic E-state index is -4.49. The van der Waals surface area contributed by atoms with E-state index in [2.05, 4.69) is 5.32 Å². The van der Waals surface area contributed by atoms with E-state index in [1.165, 1.54) is 27.4 Å². The van der Waals surface area contributed by atoms with Crippen LogP contribution in [0.15, 0.2) is 36.4 Å². The Kier molecular flexibility index (Phi) is 7.18. The second-order valence-corrected chi connectivity index (χ2v) is 7.49. The molecule has 3 rings (SSSR count). The zero-order valence-corrected chi connectivity index (χ0v) is 18.2. The molecule has 2 aromatic rings. The molecule has 32 heavy (non-hydrogen) atoms. The summed E-state index contributed by atoms with van der Waals surface area (Å²) in [5, 5.41) is 2.88. The third-order valence-electron chi connectivity index (χ3n) is 5.70. The summed E-state index contributed by atoms with van der Waals surface area (Å²) < 4.78 is 61.2. The zero-order chi connectivity index (χ0) is 23.4. The van der Waals surface area contributed by atoms with Crippen LogP contribution >= 0.6 is 0 Å². The van der Waals surface area contributed by atoms with Gasteiger partial charge in [-0.25, -0.2) is 0 Å². The molecule has 0 aliphatic carbocycles. The maximum absolute atomic E-state index is 13.4. The number of hydrogen-bond acceptors (Lipinski definition) is 5. The van der Waals surface area contributed by atoms with E-state index in [-0.39, 0.29) is 38.5 Å². The van der Waals surface area contributed by atoms with Crippen molar-refractivity contribution in [3.8, 4) is 17.2 Å². The van der Waals surface area contributed by atoms with Crippen LogP contribution in [0.25, 0.3) is 0 Å². The SMILES string of the molecule is COc1cc(CNC(=O)C2(c3cccc(C(F)(F)F)c3)CCOCC2)cc(OC)c1OC. The molecular formula is C23H26F3NO5. The second kappa shape index (κ2) is 9.68. The minimum Gasteiger partial charge on any atom is -0.493 e. The molecule has 0 aromatic heterocycles. The van der Waals surface area contributed by atoms with E-state index >= 15 is 0 Å². The first-order valence-corrected chi connectivity index (χ1v) is 10.1. The molecule has 0 atom stereocenters. The zero-order valence-electron chi connectivity index (χ0n) is 18.2. The lowest BCUT2D eigenvalue weighted by Crippen LogP contribution is -2.47. The first-order chi connectivity index (χ1) is 15.2. The van der Waals surface area contributed by atoms with E-state index in [9.17, 15) is 18.0 Å². The summed E-state index contributed by atoms with van der Waals surface area (Å²) in [6.07, 6.45) is -3.92. The number of ether oxygens (including phenoxy) is 4. The van der Waals surface area contributed by atoms with Gasteiger partial charge in [0, 0.05) is 19.8 Å². The Labute approximate surface area is 184 Å². The highest BCUT2D eigenvalue weighted by atomic mass is 19.4. The molecule has 2 aromatic carbocycles. The Morgan fingerprint density at radius 1 is 1.03 bits per heavy atom. The molecule has 1 heterocycles. The number of alkyl halides is 3. The molecule has 9 heteroatoms. The predicted molar refractivity (Wildman–Crippen MR) is 111 cm³/mol. The highest BCUT2D eigenvalue weighted by Gasteiger charge is 2.43. The normalized spacial score (nSPS) is 15.7. The molecule has 1 N–H and O–H groups in total. The summed E-state index contributed by atoms with van der Waals surface area (Å²) >= 11 is 0. The van der Waals surface area contributed by atoms with Gasteiger partial charge >= 0.3 is 6.18 Å². The average Bonchev–Trinajstić information content (AvgIpc) is 2.81. The van der Waals surface area contributed by atoms with Gasteiger partial charge in [0.2, 0.25) is 11.7 Å². The maximum Gasteiger partial charge on any atom is 0.416 e. The second-order valence-electron chi connectivity index (χ2n) is 7.49. The topological polar surface area (TPSA) is 66.0 Å². The highest BCUT2D eigenvalue weighted by molar-refractivity contribution is 5.88. The fraction of sp³-hybridized carbons (Fsp3) is 0.435. The van der Waals surface area contributed by atoms with E-state index in [0.717, 1.165) is 12.1 Å². The Morgan fingerprint density at radius 2 is 1.66 bits per heavy atom. The van der Waals surface area contributed by atoms with Gasteiger partial charge in [0.25, 0.3) is 0 Å². The maximum atomic E-state index is 13.4. The summed E-state index contributed by atoms with van der Waals surface area (Å²) in [5.41, 5.74) is -0.865. The lowest BCUT2D eigenvalue weighted by Gasteiger charge is -2.36. The molecule has 1 aliphatic heterocycles. The predicted octanol–water partition coefficient (Wildman–Crippen LogP) is 4.10. The van der Waals surface area contributed by atoms with E-state index in [1.807, 2.05) is 0 Å². The summed E-state index contributed by atoms with van der Waals surface area (Å²) in [5.74, 6) is 0.952. The van der Waals surface area contributed by atoms with Crippen molar-refractivity contribution < 1.29 is 36.9 Å². The van der Waals surface area contributed by atoms with Crippen molar-refractivity contribution in [3.63, 3.8) is 0 Å². The molecule has 6 nitrogen and oxygen atoms in total. The van der Waals surface area contributed by atoms with Crippen molar-refractivity contribution in [2.75, 3.05) is 34.5 Å². The molecule has 0 spiro atoms. The molecule has 0 bridgehead atoms. The van der Waals surface area contributed by atoms with Crippen LogP contribution in [-0.4, -0.2) is 40.5 Å². The molecule has 0 unspecified atom stereocenters. The van der Waals surface area contributed by atoms with Crippen molar-refractivity contribution in [1.29, 1.82) is 0 Å². The molecule has 1 amide bonds. The first-order valence-electron chi connectivity index (χ1n) is 10.1. The van der Waals surface area contributed by atoms with Crippen LogP contribution < -0.4 is 19.5 Å². The van der Waals surface area contributed by atoms with Crippen molar-refractivity contribution >= 4 is 5.91 Å². The fourth-order valence-corrected chi connectivity index (χ4v) is 3.95. The summed E-state index contributed by atoms with van der Waals surface area (Å²) in [6.45, 7) is 0.707. The van der Waals surface area contributed by atoms with Gasteiger partial charge in [-0.05, 0) is 42.2 Å². The monoisotopic (exact) mass is 453 g/mol. The van der Waals surface area contributed by atoms with Gasteiger partial charge < -0.3 is 24.3 Å². The lowest BCUT2D eigenvalue weighted by atomic mass is 9.73. The summed E-state index contributed by atoms with van der Waals surface area (Å²) in [7, 11) is 4.47. The molecule has 174 valence electrons. The van der Waals surface area contributed by atoms with Crippen LogP contribution in [-0.2, 0) is 27.7 Å². The van der Waals surface area contributed by atoms with Crippen LogP contribution in [0.3, 0.4) is 0 Å². The lowest BCUT2D eigenvalue weighted by molar-refractivity contribution is -0.138. The van der Waals surface area contributed by atoms with Crippen LogP contribution in [0.5, 0.6) is 17.2 Å². The van der Waals surface area contributed by atoms with Crippen LogP contribution in [0.2, 0.25) is 0 Å². The van der Waals surface area contributed by atoms with E-state index in [0.29, 0.717) is 28.4 Å². The highest BCUT2D eigenvalue weighted by Crippen LogP contribution is 2.40. The Bertz CT molecular complexity index is 930. The third-order valence-corrected chi connectivity index (χ3v) is 5.70. The Balaban J connectivity index is 1.89. The fourth-order valence-electron chi connectivity index (χ4n) is 3.95. The number of nitrogens with one attached hydrogen (secondary N) is 1. The summed E-state index contributed by atoms with van der Waals surface area (Å²) in [6, 6.07) is 8.39. The number of carbonyl (C=O) groups excluding carboxylic acids is 1. The van der Waals surface area contributed by atoms with Crippen molar-refractivity contribution in [2.45, 2.75) is 31.0 Å². The number of methoxy groups -OCH3 is 3. The number of hydrogen-bond donors (Lipinski definition) is 1. The first kappa shape index (κ1) is 23.7. The molecule has 1 aliphatic rings. The number of rotatable bonds is 7. The van der Waals surface area contributed by atoms with Crippen molar-refractivity contribution in [3.05, 3.63) is 53.1 Å². The molecular weight excluding hydrogens is 427 g/mol. The van der Waals surface area contributed by atoms with E-state index < -0.39 is 17.2 Å². The van der Waals surface area contributed by atoms with Gasteiger partial charge in [-0.1, -0.05) is 18.2 Å². The smallest absolute Gasteiger partial charge is 0.416 e. The minimum absolute atomic E-state index is 0.136. The average molecular weight is 453 g/mol. The standard InChI is InChI=1S/C23H26F3NO5/c1-29-18-11-15(12-19(30-2)20(18)31-3)14-27-21(28)22(7-9-32-10-8-22)16-5-4-6-17(13-16)23(24,25)26/h4-6,11-13H,7-10,14H2,1-3H3,(H,27,28). The molecule has 1 fully saturated rings. The van der Waals surface area contributed by atoms with Crippen LogP contribution in [0, 0.1) is 0 Å². The summed E-state index contributed by atoms with van der Waals surface area (Å²) in [4.78, 5) is 13.4. The van der Waals surface area contributed by atoms with Crippen LogP contribution in [0.1, 0.15) is 29.5 Å². The van der Waals surface area contributed by atoms with Gasteiger partial charge in [0.15, 0.2) is 11.5 Å². The quantitative estimate of drug-likeness (QED) is 0.684. The van der Waals surface area contributed by atoms with Crippen LogP contribution in [0.4, 0.5) is 13.2 Å². The number of benzene rings is 2. The number of halogens is 3. The van der Waals surface area contributed by atoms with Crippen molar-refractivity contribution in [2.24, 2.45) is 0 Å². The number of carbonyl (C=O) groups is 1.